The van der Waals surface area contributed by atoms with Crippen LogP contribution in [0.1, 0.15) is 33.1 Å². The van der Waals surface area contributed by atoms with Gasteiger partial charge in [-0.25, -0.2) is 0 Å². The van der Waals surface area contributed by atoms with Gasteiger partial charge in [0.15, 0.2) is 0 Å². The highest BCUT2D eigenvalue weighted by Gasteiger charge is 2.34. The summed E-state index contributed by atoms with van der Waals surface area (Å²) in [7, 11) is 2.18. The maximum atomic E-state index is 3.65. The molecule has 0 amide bonds. The fourth-order valence-corrected chi connectivity index (χ4v) is 6.75. The van der Waals surface area contributed by atoms with Crippen molar-refractivity contribution in [1.82, 2.24) is 5.32 Å². The first-order valence-electron chi connectivity index (χ1n) is 7.07. The van der Waals surface area contributed by atoms with Crippen molar-refractivity contribution < 1.29 is 0 Å². The second-order valence-electron chi connectivity index (χ2n) is 5.98. The van der Waals surface area contributed by atoms with Gasteiger partial charge < -0.3 is 5.32 Å². The Hall–Kier alpha value is 0.660. The van der Waals surface area contributed by atoms with Gasteiger partial charge in [0.25, 0.3) is 0 Å². The molecular formula is C14H27NS2. The summed E-state index contributed by atoms with van der Waals surface area (Å²) in [5.41, 5.74) is 0. The Kier molecular flexibility index (Phi) is 5.56. The molecule has 4 unspecified atom stereocenters. The van der Waals surface area contributed by atoms with Gasteiger partial charge in [0.1, 0.15) is 0 Å². The van der Waals surface area contributed by atoms with Crippen LogP contribution in [0, 0.1) is 17.8 Å². The Labute approximate surface area is 115 Å². The van der Waals surface area contributed by atoms with Crippen LogP contribution in [0.2, 0.25) is 0 Å². The molecule has 0 aromatic rings. The predicted molar refractivity (Wildman–Crippen MR) is 82.1 cm³/mol. The van der Waals surface area contributed by atoms with Crippen molar-refractivity contribution in [3.8, 4) is 0 Å². The van der Waals surface area contributed by atoms with Crippen LogP contribution in [0.4, 0.5) is 0 Å². The van der Waals surface area contributed by atoms with E-state index in [4.69, 9.17) is 0 Å². The van der Waals surface area contributed by atoms with Crippen LogP contribution in [0.15, 0.2) is 0 Å². The van der Waals surface area contributed by atoms with Crippen LogP contribution in [0.3, 0.4) is 0 Å². The van der Waals surface area contributed by atoms with E-state index >= 15 is 0 Å². The van der Waals surface area contributed by atoms with Crippen LogP contribution < -0.4 is 5.32 Å². The van der Waals surface area contributed by atoms with Crippen molar-refractivity contribution in [2.45, 2.75) is 44.4 Å². The third kappa shape index (κ3) is 3.81. The first-order chi connectivity index (χ1) is 8.20. The van der Waals surface area contributed by atoms with Crippen LogP contribution in [0.25, 0.3) is 0 Å². The quantitative estimate of drug-likeness (QED) is 0.845. The van der Waals surface area contributed by atoms with Crippen molar-refractivity contribution in [2.75, 3.05) is 24.3 Å². The van der Waals surface area contributed by atoms with Crippen LogP contribution in [0.5, 0.6) is 0 Å². The van der Waals surface area contributed by atoms with E-state index in [1.807, 2.05) is 0 Å². The van der Waals surface area contributed by atoms with E-state index in [1.54, 1.807) is 0 Å². The molecule has 0 aromatic heterocycles. The zero-order chi connectivity index (χ0) is 12.3. The SMILES string of the molecule is CNC(C1CC(C)CC(C)C1)C1CSCCS1. The first-order valence-corrected chi connectivity index (χ1v) is 9.27. The minimum Gasteiger partial charge on any atom is -0.316 e. The average molecular weight is 274 g/mol. The van der Waals surface area contributed by atoms with Crippen molar-refractivity contribution >= 4 is 23.5 Å². The summed E-state index contributed by atoms with van der Waals surface area (Å²) in [5, 5.41) is 4.50. The Morgan fingerprint density at radius 1 is 1.06 bits per heavy atom. The molecule has 17 heavy (non-hydrogen) atoms. The van der Waals surface area contributed by atoms with Crippen LogP contribution in [-0.2, 0) is 0 Å². The number of hydrogen-bond acceptors (Lipinski definition) is 3. The van der Waals surface area contributed by atoms with Crippen molar-refractivity contribution in [2.24, 2.45) is 17.8 Å². The van der Waals surface area contributed by atoms with Crippen molar-refractivity contribution in [3.05, 3.63) is 0 Å². The zero-order valence-corrected chi connectivity index (χ0v) is 13.1. The lowest BCUT2D eigenvalue weighted by Gasteiger charge is -2.40. The molecule has 100 valence electrons. The third-order valence-electron chi connectivity index (χ3n) is 4.30. The van der Waals surface area contributed by atoms with E-state index in [1.165, 1.54) is 36.5 Å². The van der Waals surface area contributed by atoms with Crippen LogP contribution >= 0.6 is 23.5 Å². The molecule has 0 bridgehead atoms. The molecule has 0 radical (unpaired) electrons. The fraction of sp³-hybridized carbons (Fsp3) is 1.00. The van der Waals surface area contributed by atoms with E-state index in [0.717, 1.165) is 29.0 Å². The summed E-state index contributed by atoms with van der Waals surface area (Å²) in [5.74, 6) is 6.84. The van der Waals surface area contributed by atoms with Gasteiger partial charge in [0, 0.05) is 28.6 Å². The molecule has 2 rings (SSSR count). The second kappa shape index (κ2) is 6.72. The Morgan fingerprint density at radius 3 is 2.29 bits per heavy atom. The smallest absolute Gasteiger partial charge is 0.0294 e. The van der Waals surface area contributed by atoms with E-state index < -0.39 is 0 Å². The number of hydrogen-bond donors (Lipinski definition) is 1. The van der Waals surface area contributed by atoms with Gasteiger partial charge in [-0.05, 0) is 44.1 Å². The van der Waals surface area contributed by atoms with Crippen LogP contribution in [-0.4, -0.2) is 35.6 Å². The Balaban J connectivity index is 1.96. The van der Waals surface area contributed by atoms with Gasteiger partial charge in [-0.2, -0.15) is 23.5 Å². The summed E-state index contributed by atoms with van der Waals surface area (Å²) < 4.78 is 0. The highest BCUT2D eigenvalue weighted by atomic mass is 32.2. The fourth-order valence-electron chi connectivity index (χ4n) is 3.74. The third-order valence-corrected chi connectivity index (χ3v) is 7.18. The molecule has 0 spiro atoms. The molecule has 1 aliphatic carbocycles. The molecular weight excluding hydrogens is 246 g/mol. The van der Waals surface area contributed by atoms with Gasteiger partial charge in [0.2, 0.25) is 0 Å². The highest BCUT2D eigenvalue weighted by Crippen LogP contribution is 2.38. The summed E-state index contributed by atoms with van der Waals surface area (Å²) in [4.78, 5) is 0. The zero-order valence-electron chi connectivity index (χ0n) is 11.4. The van der Waals surface area contributed by atoms with Gasteiger partial charge in [-0.3, -0.25) is 0 Å². The lowest BCUT2D eigenvalue weighted by atomic mass is 9.73. The summed E-state index contributed by atoms with van der Waals surface area (Å²) in [6, 6.07) is 0.748. The molecule has 3 heteroatoms. The molecule has 0 aromatic carbocycles. The lowest BCUT2D eigenvalue weighted by molar-refractivity contribution is 0.180. The molecule has 2 aliphatic rings. The summed E-state index contributed by atoms with van der Waals surface area (Å²) >= 11 is 4.36. The normalized spacial score (nSPS) is 41.1. The van der Waals surface area contributed by atoms with Gasteiger partial charge in [-0.15, -0.1) is 0 Å². The Bertz CT molecular complexity index is 218. The predicted octanol–water partition coefficient (Wildman–Crippen LogP) is 3.50. The molecule has 1 nitrogen and oxygen atoms in total. The van der Waals surface area contributed by atoms with E-state index in [-0.39, 0.29) is 0 Å². The Morgan fingerprint density at radius 2 is 1.76 bits per heavy atom. The van der Waals surface area contributed by atoms with Crippen molar-refractivity contribution in [3.63, 3.8) is 0 Å². The maximum absolute atomic E-state index is 3.65. The number of rotatable bonds is 3. The van der Waals surface area contributed by atoms with E-state index in [0.29, 0.717) is 0 Å². The molecule has 1 aliphatic heterocycles. The minimum absolute atomic E-state index is 0.748. The van der Waals surface area contributed by atoms with Gasteiger partial charge in [-0.1, -0.05) is 13.8 Å². The standard InChI is InChI=1S/C14H27NS2/c1-10-6-11(2)8-12(7-10)14(15-3)13-9-16-4-5-17-13/h10-15H,4-9H2,1-3H3. The second-order valence-corrected chi connectivity index (χ2v) is 8.47. The topological polar surface area (TPSA) is 12.0 Å². The molecule has 1 saturated carbocycles. The first kappa shape index (κ1) is 14.1. The lowest BCUT2D eigenvalue weighted by Crippen LogP contribution is -2.46. The average Bonchev–Trinajstić information content (AvgIpc) is 2.30. The highest BCUT2D eigenvalue weighted by molar-refractivity contribution is 8.06. The minimum atomic E-state index is 0.748. The largest absolute Gasteiger partial charge is 0.316 e. The summed E-state index contributed by atoms with van der Waals surface area (Å²) in [6.45, 7) is 4.89. The summed E-state index contributed by atoms with van der Waals surface area (Å²) in [6.07, 6.45) is 4.33. The molecule has 1 heterocycles. The monoisotopic (exact) mass is 273 g/mol. The number of thioether (sulfide) groups is 2. The maximum Gasteiger partial charge on any atom is 0.0294 e. The molecule has 1 N–H and O–H groups in total. The molecule has 4 atom stereocenters. The van der Waals surface area contributed by atoms with E-state index in [2.05, 4.69) is 49.7 Å². The van der Waals surface area contributed by atoms with E-state index in [9.17, 15) is 0 Å². The molecule has 2 fully saturated rings. The van der Waals surface area contributed by atoms with Gasteiger partial charge in [0.05, 0.1) is 0 Å². The number of nitrogens with one attached hydrogen (secondary N) is 1. The van der Waals surface area contributed by atoms with Crippen molar-refractivity contribution in [1.29, 1.82) is 0 Å². The van der Waals surface area contributed by atoms with Gasteiger partial charge >= 0.3 is 0 Å². The molecule has 1 saturated heterocycles.